The molecular formula is C15H30N2. The lowest BCUT2D eigenvalue weighted by Gasteiger charge is -2.35. The van der Waals surface area contributed by atoms with Crippen molar-refractivity contribution in [2.75, 3.05) is 26.2 Å². The Kier molecular flexibility index (Phi) is 4.87. The molecule has 1 saturated heterocycles. The minimum atomic E-state index is 0.728. The minimum absolute atomic E-state index is 0.728. The van der Waals surface area contributed by atoms with Crippen molar-refractivity contribution in [3.8, 4) is 0 Å². The van der Waals surface area contributed by atoms with E-state index in [0.29, 0.717) is 0 Å². The molecule has 0 amide bonds. The molecule has 2 heteroatoms. The number of piperidine rings is 1. The molecule has 1 N–H and O–H groups in total. The summed E-state index contributed by atoms with van der Waals surface area (Å²) in [6, 6.07) is 0.728. The van der Waals surface area contributed by atoms with Crippen LogP contribution in [0.15, 0.2) is 0 Å². The highest BCUT2D eigenvalue weighted by Crippen LogP contribution is 2.37. The van der Waals surface area contributed by atoms with Crippen LogP contribution in [0, 0.1) is 17.8 Å². The van der Waals surface area contributed by atoms with Gasteiger partial charge in [0, 0.05) is 6.04 Å². The second-order valence-electron chi connectivity index (χ2n) is 6.35. The Labute approximate surface area is 107 Å². The van der Waals surface area contributed by atoms with Crippen LogP contribution in [0.5, 0.6) is 0 Å². The van der Waals surface area contributed by atoms with Gasteiger partial charge >= 0.3 is 0 Å². The molecule has 2 fully saturated rings. The van der Waals surface area contributed by atoms with Crippen LogP contribution in [-0.4, -0.2) is 37.1 Å². The van der Waals surface area contributed by atoms with E-state index in [9.17, 15) is 0 Å². The molecule has 3 atom stereocenters. The Hall–Kier alpha value is -0.0800. The first-order valence-corrected chi connectivity index (χ1v) is 7.66. The maximum absolute atomic E-state index is 3.77. The first-order valence-electron chi connectivity index (χ1n) is 7.66. The van der Waals surface area contributed by atoms with Crippen LogP contribution in [0.4, 0.5) is 0 Å². The zero-order valence-electron chi connectivity index (χ0n) is 11.9. The van der Waals surface area contributed by atoms with Gasteiger partial charge in [0.15, 0.2) is 0 Å². The molecule has 2 aliphatic rings. The van der Waals surface area contributed by atoms with Crippen molar-refractivity contribution in [2.45, 2.75) is 52.5 Å². The van der Waals surface area contributed by atoms with Crippen LogP contribution in [0.2, 0.25) is 0 Å². The van der Waals surface area contributed by atoms with Gasteiger partial charge in [0.05, 0.1) is 0 Å². The lowest BCUT2D eigenvalue weighted by atomic mass is 9.90. The van der Waals surface area contributed by atoms with Gasteiger partial charge in [0.25, 0.3) is 0 Å². The Balaban J connectivity index is 1.61. The Morgan fingerprint density at radius 3 is 2.47 bits per heavy atom. The van der Waals surface area contributed by atoms with Gasteiger partial charge in [-0.3, -0.25) is 0 Å². The summed E-state index contributed by atoms with van der Waals surface area (Å²) in [6.45, 7) is 12.3. The second kappa shape index (κ2) is 6.19. The van der Waals surface area contributed by atoms with E-state index in [1.54, 1.807) is 0 Å². The van der Waals surface area contributed by atoms with Gasteiger partial charge in [0.2, 0.25) is 0 Å². The summed E-state index contributed by atoms with van der Waals surface area (Å²) in [6.07, 6.45) is 5.55. The predicted molar refractivity (Wildman–Crippen MR) is 74.2 cm³/mol. The molecule has 0 radical (unpaired) electrons. The van der Waals surface area contributed by atoms with E-state index in [0.717, 1.165) is 23.8 Å². The first-order chi connectivity index (χ1) is 8.20. The van der Waals surface area contributed by atoms with Crippen molar-refractivity contribution in [1.29, 1.82) is 0 Å². The third-order valence-electron chi connectivity index (χ3n) is 4.86. The van der Waals surface area contributed by atoms with Crippen molar-refractivity contribution in [3.63, 3.8) is 0 Å². The topological polar surface area (TPSA) is 15.3 Å². The average molecular weight is 238 g/mol. The lowest BCUT2D eigenvalue weighted by molar-refractivity contribution is 0.162. The van der Waals surface area contributed by atoms with Gasteiger partial charge in [-0.2, -0.15) is 0 Å². The Bertz CT molecular complexity index is 221. The van der Waals surface area contributed by atoms with Crippen LogP contribution >= 0.6 is 0 Å². The molecule has 0 aromatic rings. The summed E-state index contributed by atoms with van der Waals surface area (Å²) in [5.74, 6) is 2.89. The summed E-state index contributed by atoms with van der Waals surface area (Å²) in [5.41, 5.74) is 0. The fraction of sp³-hybridized carbons (Fsp3) is 1.00. The number of rotatable bonds is 6. The van der Waals surface area contributed by atoms with Gasteiger partial charge in [-0.05, 0) is 76.5 Å². The molecule has 1 saturated carbocycles. The third kappa shape index (κ3) is 3.96. The number of nitrogens with zero attached hydrogens (tertiary/aromatic N) is 1. The maximum atomic E-state index is 3.77. The molecule has 0 aromatic carbocycles. The fourth-order valence-corrected chi connectivity index (χ4v) is 3.18. The average Bonchev–Trinajstić information content (AvgIpc) is 3.04. The Morgan fingerprint density at radius 2 is 1.94 bits per heavy atom. The molecule has 1 aliphatic heterocycles. The van der Waals surface area contributed by atoms with Gasteiger partial charge in [-0.1, -0.05) is 13.8 Å². The number of hydrogen-bond donors (Lipinski definition) is 1. The van der Waals surface area contributed by atoms with Crippen LogP contribution in [0.3, 0.4) is 0 Å². The van der Waals surface area contributed by atoms with E-state index in [1.807, 2.05) is 0 Å². The molecule has 3 unspecified atom stereocenters. The summed E-state index contributed by atoms with van der Waals surface area (Å²) < 4.78 is 0. The summed E-state index contributed by atoms with van der Waals surface area (Å²) in [4.78, 5) is 2.63. The highest BCUT2D eigenvalue weighted by molar-refractivity contribution is 4.86. The molecule has 0 spiro atoms. The van der Waals surface area contributed by atoms with E-state index in [-0.39, 0.29) is 0 Å². The van der Waals surface area contributed by atoms with E-state index >= 15 is 0 Å². The van der Waals surface area contributed by atoms with Crippen molar-refractivity contribution in [1.82, 2.24) is 10.2 Å². The molecule has 1 aliphatic carbocycles. The summed E-state index contributed by atoms with van der Waals surface area (Å²) in [5, 5.41) is 3.77. The quantitative estimate of drug-likeness (QED) is 0.765. The zero-order valence-corrected chi connectivity index (χ0v) is 11.9. The SMILES string of the molecule is CCCN1CCC(C(C)NCC2CC2C)CC1. The fourth-order valence-electron chi connectivity index (χ4n) is 3.18. The van der Waals surface area contributed by atoms with Gasteiger partial charge in [-0.25, -0.2) is 0 Å². The largest absolute Gasteiger partial charge is 0.314 e. The van der Waals surface area contributed by atoms with E-state index in [4.69, 9.17) is 0 Å². The smallest absolute Gasteiger partial charge is 0.00680 e. The Morgan fingerprint density at radius 1 is 1.29 bits per heavy atom. The monoisotopic (exact) mass is 238 g/mol. The van der Waals surface area contributed by atoms with Crippen LogP contribution in [-0.2, 0) is 0 Å². The summed E-state index contributed by atoms with van der Waals surface area (Å²) in [7, 11) is 0. The second-order valence-corrected chi connectivity index (χ2v) is 6.35. The van der Waals surface area contributed by atoms with Crippen molar-refractivity contribution < 1.29 is 0 Å². The highest BCUT2D eigenvalue weighted by Gasteiger charge is 2.33. The molecule has 100 valence electrons. The lowest BCUT2D eigenvalue weighted by Crippen LogP contribution is -2.42. The van der Waals surface area contributed by atoms with Crippen LogP contribution < -0.4 is 5.32 Å². The normalized spacial score (nSPS) is 32.6. The van der Waals surface area contributed by atoms with E-state index in [2.05, 4.69) is 31.0 Å². The van der Waals surface area contributed by atoms with Gasteiger partial charge < -0.3 is 10.2 Å². The molecular weight excluding hydrogens is 208 g/mol. The van der Waals surface area contributed by atoms with Crippen molar-refractivity contribution in [3.05, 3.63) is 0 Å². The third-order valence-corrected chi connectivity index (χ3v) is 4.86. The predicted octanol–water partition coefficient (Wildman–Crippen LogP) is 2.74. The van der Waals surface area contributed by atoms with Crippen molar-refractivity contribution in [2.24, 2.45) is 17.8 Å². The summed E-state index contributed by atoms with van der Waals surface area (Å²) >= 11 is 0. The van der Waals surface area contributed by atoms with E-state index in [1.165, 1.54) is 51.9 Å². The van der Waals surface area contributed by atoms with Crippen LogP contribution in [0.1, 0.15) is 46.5 Å². The molecule has 2 nitrogen and oxygen atoms in total. The standard InChI is InChI=1S/C15H30N2/c1-4-7-17-8-5-14(6-9-17)13(3)16-11-15-10-12(15)2/h12-16H,4-11H2,1-3H3. The van der Waals surface area contributed by atoms with E-state index < -0.39 is 0 Å². The number of hydrogen-bond acceptors (Lipinski definition) is 2. The van der Waals surface area contributed by atoms with Gasteiger partial charge in [0.1, 0.15) is 0 Å². The van der Waals surface area contributed by atoms with Gasteiger partial charge in [-0.15, -0.1) is 0 Å². The number of likely N-dealkylation sites (tertiary alicyclic amines) is 1. The molecule has 2 rings (SSSR count). The molecule has 17 heavy (non-hydrogen) atoms. The number of nitrogens with one attached hydrogen (secondary N) is 1. The molecule has 0 aromatic heterocycles. The highest BCUT2D eigenvalue weighted by atomic mass is 15.1. The van der Waals surface area contributed by atoms with Crippen molar-refractivity contribution >= 4 is 0 Å². The molecule has 1 heterocycles. The first kappa shape index (κ1) is 13.4. The maximum Gasteiger partial charge on any atom is 0.00680 e. The minimum Gasteiger partial charge on any atom is -0.314 e. The van der Waals surface area contributed by atoms with Crippen LogP contribution in [0.25, 0.3) is 0 Å². The molecule has 0 bridgehead atoms. The zero-order chi connectivity index (χ0) is 12.3.